The number of amides is 1. The van der Waals surface area contributed by atoms with Crippen LogP contribution in [0.25, 0.3) is 0 Å². The number of allylic oxidation sites excluding steroid dienone is 11. The van der Waals surface area contributed by atoms with E-state index in [1.54, 1.807) is 0 Å². The summed E-state index contributed by atoms with van der Waals surface area (Å²) in [6, 6.07) is -0.893. The zero-order valence-electron chi connectivity index (χ0n) is 52.6. The van der Waals surface area contributed by atoms with Gasteiger partial charge in [-0.3, -0.25) is 14.2 Å². The first-order valence-electron chi connectivity index (χ1n) is 33.2. The number of ether oxygens (including phenoxy) is 1. The lowest BCUT2D eigenvalue weighted by molar-refractivity contribution is -0.870. The van der Waals surface area contributed by atoms with Gasteiger partial charge in [0.2, 0.25) is 5.91 Å². The van der Waals surface area contributed by atoms with Crippen molar-refractivity contribution in [3.05, 3.63) is 72.9 Å². The van der Waals surface area contributed by atoms with Gasteiger partial charge in [0.1, 0.15) is 19.3 Å². The molecule has 0 heterocycles. The minimum absolute atomic E-state index is 0.0250. The van der Waals surface area contributed by atoms with E-state index in [0.29, 0.717) is 17.4 Å². The summed E-state index contributed by atoms with van der Waals surface area (Å²) >= 11 is 0. The molecule has 0 rings (SSSR count). The Morgan fingerprint density at radius 1 is 0.456 bits per heavy atom. The van der Waals surface area contributed by atoms with Gasteiger partial charge in [0.05, 0.1) is 33.8 Å². The molecular weight excluding hydrogens is 1000 g/mol. The molecule has 0 fully saturated rings. The maximum Gasteiger partial charge on any atom is 0.306 e. The molecule has 10 heteroatoms. The van der Waals surface area contributed by atoms with Crippen molar-refractivity contribution in [1.82, 2.24) is 5.32 Å². The molecule has 0 saturated heterocycles. The number of nitrogens with one attached hydrogen (secondary N) is 1. The quantitative estimate of drug-likeness (QED) is 0.0212. The van der Waals surface area contributed by atoms with Gasteiger partial charge in [-0.15, -0.1) is 0 Å². The maximum atomic E-state index is 13.6. The van der Waals surface area contributed by atoms with Crippen molar-refractivity contribution in [2.75, 3.05) is 40.9 Å². The Kier molecular flexibility index (Phi) is 56.7. The SMILES string of the molecule is CC/C=C/C/C=C/CCCCCCCCCC(=O)OC(/C=C\CCCCCCCCCCCC)C(COP(=O)([O-])OCC[N+](C)(C)C)NC(=O)CCCCCCCCCCCCCCCC/C=C\C/C=C\C/C=C\CCCCC. The van der Waals surface area contributed by atoms with Crippen LogP contribution in [0.5, 0.6) is 0 Å². The standard InChI is InChI=1S/C69H127N2O7P/c1-7-10-13-16-19-22-25-28-30-31-32-33-34-35-36-37-38-39-40-41-42-43-46-49-52-55-58-61-68(72)70-66(65-77-79(74,75)76-64-63-71(4,5)6)67(60-57-54-51-48-45-27-24-21-18-15-12-9-3)78-69(73)62-59-56-53-50-47-44-29-26-23-20-17-14-11-8-2/h11,14,19-20,22-23,28,30,32-33,57,60,66-67H,7-10,12-13,15-18,21,24-27,29,31,34-56,58-59,61-65H2,1-6H3,(H-,70,72,74,75)/b14-11+,22-19-,23-20+,30-28-,33-32-,60-57-. The number of nitrogens with zero attached hydrogens (tertiary/aromatic N) is 1. The predicted molar refractivity (Wildman–Crippen MR) is 339 cm³/mol. The molecular formula is C69H127N2O7P. The number of unbranched alkanes of at least 4 members (excludes halogenated alkanes) is 34. The molecule has 9 nitrogen and oxygen atoms in total. The van der Waals surface area contributed by atoms with Crippen LogP contribution in [0.1, 0.15) is 303 Å². The van der Waals surface area contributed by atoms with Gasteiger partial charge in [0.25, 0.3) is 7.82 Å². The number of rotatable bonds is 60. The third-order valence-electron chi connectivity index (χ3n) is 14.6. The molecule has 0 aromatic rings. The van der Waals surface area contributed by atoms with E-state index < -0.39 is 26.6 Å². The summed E-state index contributed by atoms with van der Waals surface area (Å²) in [6.45, 7) is 6.72. The fraction of sp³-hybridized carbons (Fsp3) is 0.797. The Hall–Kier alpha value is -2.55. The van der Waals surface area contributed by atoms with E-state index in [1.807, 2.05) is 33.3 Å². The number of likely N-dealkylation sites (N-methyl/N-ethyl adjacent to an activating group) is 1. The number of esters is 1. The number of phosphoric ester groups is 1. The molecule has 0 aromatic carbocycles. The highest BCUT2D eigenvalue weighted by Crippen LogP contribution is 2.38. The van der Waals surface area contributed by atoms with Crippen LogP contribution in [0.2, 0.25) is 0 Å². The molecule has 3 unspecified atom stereocenters. The molecule has 1 amide bonds. The van der Waals surface area contributed by atoms with Gasteiger partial charge in [0, 0.05) is 12.8 Å². The van der Waals surface area contributed by atoms with Crippen LogP contribution in [0.15, 0.2) is 72.9 Å². The van der Waals surface area contributed by atoms with Crippen molar-refractivity contribution < 1.29 is 37.3 Å². The van der Waals surface area contributed by atoms with Crippen LogP contribution in [-0.2, 0) is 27.9 Å². The summed E-state index contributed by atoms with van der Waals surface area (Å²) in [4.78, 5) is 40.0. The Labute approximate surface area is 489 Å². The van der Waals surface area contributed by atoms with Crippen LogP contribution >= 0.6 is 7.82 Å². The molecule has 0 radical (unpaired) electrons. The van der Waals surface area contributed by atoms with Crippen LogP contribution in [0.3, 0.4) is 0 Å². The topological polar surface area (TPSA) is 114 Å². The summed E-state index contributed by atoms with van der Waals surface area (Å²) in [6.07, 6.45) is 75.9. The van der Waals surface area contributed by atoms with Gasteiger partial charge in [0.15, 0.2) is 0 Å². The number of hydrogen-bond donors (Lipinski definition) is 1. The highest BCUT2D eigenvalue weighted by Gasteiger charge is 2.27. The molecule has 0 spiro atoms. The predicted octanol–water partition coefficient (Wildman–Crippen LogP) is 20.2. The average Bonchev–Trinajstić information content (AvgIpc) is 3.41. The zero-order chi connectivity index (χ0) is 57.9. The number of quaternary nitrogens is 1. The van der Waals surface area contributed by atoms with Gasteiger partial charge in [-0.2, -0.15) is 0 Å². The van der Waals surface area contributed by atoms with Crippen molar-refractivity contribution in [3.8, 4) is 0 Å². The second-order valence-corrected chi connectivity index (χ2v) is 25.0. The lowest BCUT2D eigenvalue weighted by Gasteiger charge is -2.30. The third-order valence-corrected chi connectivity index (χ3v) is 15.6. The Balaban J connectivity index is 5.03. The summed E-state index contributed by atoms with van der Waals surface area (Å²) in [5, 5.41) is 3.03. The van der Waals surface area contributed by atoms with E-state index in [-0.39, 0.29) is 24.9 Å². The van der Waals surface area contributed by atoms with E-state index in [1.165, 1.54) is 173 Å². The summed E-state index contributed by atoms with van der Waals surface area (Å²) < 4.78 is 30.3. The molecule has 1 N–H and O–H groups in total. The Bertz CT molecular complexity index is 1580. The minimum atomic E-state index is -4.70. The summed E-state index contributed by atoms with van der Waals surface area (Å²) in [5.41, 5.74) is 0. The normalized spacial score (nSPS) is 14.1. The van der Waals surface area contributed by atoms with Gasteiger partial charge >= 0.3 is 5.97 Å². The lowest BCUT2D eigenvalue weighted by atomic mass is 10.0. The molecule has 0 bridgehead atoms. The van der Waals surface area contributed by atoms with Gasteiger partial charge in [-0.25, -0.2) is 0 Å². The highest BCUT2D eigenvalue weighted by molar-refractivity contribution is 7.45. The number of carbonyl (C=O) groups is 2. The van der Waals surface area contributed by atoms with Gasteiger partial charge < -0.3 is 28.5 Å². The van der Waals surface area contributed by atoms with Crippen LogP contribution in [-0.4, -0.2) is 69.4 Å². The average molecular weight is 1130 g/mol. The first-order valence-corrected chi connectivity index (χ1v) is 34.7. The third kappa shape index (κ3) is 59.9. The summed E-state index contributed by atoms with van der Waals surface area (Å²) in [5.74, 6) is -0.546. The molecule has 0 aromatic heterocycles. The zero-order valence-corrected chi connectivity index (χ0v) is 53.5. The van der Waals surface area contributed by atoms with Crippen molar-refractivity contribution in [3.63, 3.8) is 0 Å². The van der Waals surface area contributed by atoms with Crippen LogP contribution in [0, 0.1) is 0 Å². The molecule has 0 saturated carbocycles. The largest absolute Gasteiger partial charge is 0.756 e. The van der Waals surface area contributed by atoms with Crippen molar-refractivity contribution in [1.29, 1.82) is 0 Å². The monoisotopic (exact) mass is 1130 g/mol. The molecule has 0 aliphatic heterocycles. The van der Waals surface area contributed by atoms with Crippen molar-refractivity contribution in [2.24, 2.45) is 0 Å². The number of hydrogen-bond acceptors (Lipinski definition) is 7. The van der Waals surface area contributed by atoms with Gasteiger partial charge in [-0.1, -0.05) is 267 Å². The smallest absolute Gasteiger partial charge is 0.306 e. The highest BCUT2D eigenvalue weighted by atomic mass is 31.2. The fourth-order valence-electron chi connectivity index (χ4n) is 9.51. The van der Waals surface area contributed by atoms with E-state index in [2.05, 4.69) is 86.8 Å². The van der Waals surface area contributed by atoms with E-state index in [4.69, 9.17) is 13.8 Å². The summed E-state index contributed by atoms with van der Waals surface area (Å²) in [7, 11) is 1.18. The van der Waals surface area contributed by atoms with Crippen LogP contribution in [0.4, 0.5) is 0 Å². The van der Waals surface area contributed by atoms with E-state index >= 15 is 0 Å². The molecule has 0 aliphatic rings. The van der Waals surface area contributed by atoms with Crippen molar-refractivity contribution >= 4 is 19.7 Å². The first-order chi connectivity index (χ1) is 38.4. The number of phosphoric acid groups is 1. The maximum absolute atomic E-state index is 13.6. The van der Waals surface area contributed by atoms with Crippen LogP contribution < -0.4 is 10.2 Å². The fourth-order valence-corrected chi connectivity index (χ4v) is 10.2. The Morgan fingerprint density at radius 3 is 1.24 bits per heavy atom. The van der Waals surface area contributed by atoms with E-state index in [9.17, 15) is 19.0 Å². The molecule has 0 aliphatic carbocycles. The number of carbonyl (C=O) groups excluding carboxylic acids is 2. The molecule has 79 heavy (non-hydrogen) atoms. The second kappa shape index (κ2) is 58.6. The minimum Gasteiger partial charge on any atom is -0.756 e. The van der Waals surface area contributed by atoms with Crippen molar-refractivity contribution in [2.45, 2.75) is 315 Å². The molecule has 460 valence electrons. The Morgan fingerprint density at radius 2 is 0.810 bits per heavy atom. The molecule has 3 atom stereocenters. The van der Waals surface area contributed by atoms with Gasteiger partial charge in [-0.05, 0) is 96.0 Å². The van der Waals surface area contributed by atoms with E-state index in [0.717, 1.165) is 96.3 Å². The second-order valence-electron chi connectivity index (χ2n) is 23.6. The lowest BCUT2D eigenvalue weighted by Crippen LogP contribution is -2.47. The first kappa shape index (κ1) is 76.5.